The van der Waals surface area contributed by atoms with Gasteiger partial charge in [-0.3, -0.25) is 4.79 Å². The summed E-state index contributed by atoms with van der Waals surface area (Å²) in [5, 5.41) is 13.1. The average molecular weight is 376 g/mol. The average Bonchev–Trinajstić information content (AvgIpc) is 3.14. The van der Waals surface area contributed by atoms with E-state index in [9.17, 15) is 14.7 Å². The van der Waals surface area contributed by atoms with E-state index >= 15 is 0 Å². The summed E-state index contributed by atoms with van der Waals surface area (Å²) < 4.78 is 5.26. The predicted molar refractivity (Wildman–Crippen MR) is 104 cm³/mol. The van der Waals surface area contributed by atoms with Gasteiger partial charge in [0.25, 0.3) is 0 Å². The molecule has 1 saturated heterocycles. The third-order valence-electron chi connectivity index (χ3n) is 5.03. The number of carbonyl (C=O) groups excluding carboxylic acids is 2. The third-order valence-corrected chi connectivity index (χ3v) is 5.03. The number of alkyl carbamates (subject to hydrolysis) is 1. The summed E-state index contributed by atoms with van der Waals surface area (Å²) >= 11 is 0. The summed E-state index contributed by atoms with van der Waals surface area (Å²) in [6.45, 7) is 6.59. The zero-order valence-electron chi connectivity index (χ0n) is 16.6. The first-order valence-corrected chi connectivity index (χ1v) is 9.89. The van der Waals surface area contributed by atoms with Crippen molar-refractivity contribution in [1.29, 1.82) is 0 Å². The van der Waals surface area contributed by atoms with Crippen molar-refractivity contribution >= 4 is 12.0 Å². The van der Waals surface area contributed by atoms with Crippen LogP contribution in [0.25, 0.3) is 0 Å². The van der Waals surface area contributed by atoms with Crippen LogP contribution in [0.3, 0.4) is 0 Å². The molecule has 0 aromatic heterocycles. The number of nitrogens with one attached hydrogen (secondary N) is 1. The molecule has 1 fully saturated rings. The van der Waals surface area contributed by atoms with Crippen molar-refractivity contribution in [3.05, 3.63) is 35.9 Å². The van der Waals surface area contributed by atoms with Gasteiger partial charge in [0.2, 0.25) is 5.91 Å². The fourth-order valence-corrected chi connectivity index (χ4v) is 3.54. The minimum absolute atomic E-state index is 0.0775. The Balaban J connectivity index is 1.96. The highest BCUT2D eigenvalue weighted by molar-refractivity contribution is 5.86. The van der Waals surface area contributed by atoms with Crippen LogP contribution in [0.4, 0.5) is 4.79 Å². The van der Waals surface area contributed by atoms with Gasteiger partial charge in [0, 0.05) is 6.54 Å². The minimum atomic E-state index is -0.664. The molecule has 1 aromatic carbocycles. The lowest BCUT2D eigenvalue weighted by Gasteiger charge is -2.33. The summed E-state index contributed by atoms with van der Waals surface area (Å²) in [6.07, 6.45) is 2.11. The molecule has 1 unspecified atom stereocenters. The zero-order valence-corrected chi connectivity index (χ0v) is 16.6. The van der Waals surface area contributed by atoms with Crippen LogP contribution in [-0.4, -0.2) is 46.7 Å². The predicted octanol–water partition coefficient (Wildman–Crippen LogP) is 3.09. The Kier molecular flexibility index (Phi) is 8.10. The maximum Gasteiger partial charge on any atom is 0.408 e. The van der Waals surface area contributed by atoms with Gasteiger partial charge in [-0.15, -0.1) is 0 Å². The molecular formula is C21H32N2O4. The minimum Gasteiger partial charge on any atom is -0.445 e. The Morgan fingerprint density at radius 1 is 1.30 bits per heavy atom. The van der Waals surface area contributed by atoms with E-state index in [2.05, 4.69) is 5.32 Å². The molecule has 1 aliphatic heterocycles. The number of rotatable bonds is 8. The van der Waals surface area contributed by atoms with E-state index in [0.29, 0.717) is 13.0 Å². The van der Waals surface area contributed by atoms with Crippen LogP contribution in [-0.2, 0) is 16.1 Å². The molecule has 6 nitrogen and oxygen atoms in total. The summed E-state index contributed by atoms with van der Waals surface area (Å²) in [6, 6.07) is 8.59. The molecule has 1 aliphatic rings. The standard InChI is InChI=1S/C21H32N2O4/c1-4-9-18(24)17-12-8-13-23(17)20(25)19(15(2)3)22-21(26)27-14-16-10-6-5-7-11-16/h5-7,10-11,15,17-19,24H,4,8-9,12-14H2,1-3H3,(H,22,26)/t17?,18-,19-/m1/s1. The van der Waals surface area contributed by atoms with Crippen molar-refractivity contribution in [2.45, 2.75) is 71.2 Å². The summed E-state index contributed by atoms with van der Waals surface area (Å²) in [5.74, 6) is -0.217. The smallest absolute Gasteiger partial charge is 0.408 e. The van der Waals surface area contributed by atoms with Gasteiger partial charge in [-0.05, 0) is 30.7 Å². The van der Waals surface area contributed by atoms with Crippen LogP contribution < -0.4 is 5.32 Å². The number of aliphatic hydroxyl groups is 1. The molecule has 1 aromatic rings. The Hall–Kier alpha value is -2.08. The molecule has 6 heteroatoms. The van der Waals surface area contributed by atoms with Crippen molar-refractivity contribution in [1.82, 2.24) is 10.2 Å². The van der Waals surface area contributed by atoms with E-state index < -0.39 is 18.2 Å². The van der Waals surface area contributed by atoms with Gasteiger partial charge in [-0.2, -0.15) is 0 Å². The third kappa shape index (κ3) is 5.96. The number of benzene rings is 1. The van der Waals surface area contributed by atoms with E-state index in [4.69, 9.17) is 4.74 Å². The van der Waals surface area contributed by atoms with Crippen LogP contribution in [0.2, 0.25) is 0 Å². The first-order valence-electron chi connectivity index (χ1n) is 9.89. The SMILES string of the molecule is CCC[C@@H](O)C1CCCN1C(=O)[C@H](NC(=O)OCc1ccccc1)C(C)C. The molecule has 0 saturated carbocycles. The van der Waals surface area contributed by atoms with Gasteiger partial charge in [0.1, 0.15) is 12.6 Å². The van der Waals surface area contributed by atoms with Crippen molar-refractivity contribution in [2.24, 2.45) is 5.92 Å². The maximum atomic E-state index is 13.1. The van der Waals surface area contributed by atoms with Crippen molar-refractivity contribution in [2.75, 3.05) is 6.54 Å². The number of aliphatic hydroxyl groups excluding tert-OH is 1. The topological polar surface area (TPSA) is 78.9 Å². The Morgan fingerprint density at radius 2 is 2.00 bits per heavy atom. The highest BCUT2D eigenvalue weighted by atomic mass is 16.5. The molecule has 3 atom stereocenters. The molecule has 0 spiro atoms. The van der Waals surface area contributed by atoms with Crippen LogP contribution in [0.1, 0.15) is 52.0 Å². The molecule has 2 amide bonds. The van der Waals surface area contributed by atoms with Gasteiger partial charge < -0.3 is 20.1 Å². The Labute approximate surface area is 161 Å². The number of hydrogen-bond donors (Lipinski definition) is 2. The van der Waals surface area contributed by atoms with Crippen LogP contribution in [0, 0.1) is 5.92 Å². The van der Waals surface area contributed by atoms with E-state index in [0.717, 1.165) is 24.8 Å². The molecule has 27 heavy (non-hydrogen) atoms. The molecule has 1 heterocycles. The van der Waals surface area contributed by atoms with Gasteiger partial charge >= 0.3 is 6.09 Å². The number of hydrogen-bond acceptors (Lipinski definition) is 4. The second-order valence-electron chi connectivity index (χ2n) is 7.52. The van der Waals surface area contributed by atoms with Crippen molar-refractivity contribution in [3.63, 3.8) is 0 Å². The Morgan fingerprint density at radius 3 is 2.63 bits per heavy atom. The van der Waals surface area contributed by atoms with Gasteiger partial charge in [-0.1, -0.05) is 57.5 Å². The summed E-state index contributed by atoms with van der Waals surface area (Å²) in [4.78, 5) is 27.0. The van der Waals surface area contributed by atoms with E-state index in [1.807, 2.05) is 51.1 Å². The lowest BCUT2D eigenvalue weighted by Crippen LogP contribution is -2.54. The van der Waals surface area contributed by atoms with E-state index in [1.165, 1.54) is 0 Å². The maximum absolute atomic E-state index is 13.1. The number of carbonyl (C=O) groups is 2. The number of likely N-dealkylation sites (tertiary alicyclic amines) is 1. The largest absolute Gasteiger partial charge is 0.445 e. The quantitative estimate of drug-likeness (QED) is 0.731. The normalized spacial score (nSPS) is 19.0. The van der Waals surface area contributed by atoms with Crippen LogP contribution in [0.15, 0.2) is 30.3 Å². The Bertz CT molecular complexity index is 605. The monoisotopic (exact) mass is 376 g/mol. The molecule has 2 rings (SSSR count). The van der Waals surface area contributed by atoms with Gasteiger partial charge in [-0.25, -0.2) is 4.79 Å². The first-order chi connectivity index (χ1) is 12.9. The summed E-state index contributed by atoms with van der Waals surface area (Å²) in [5.41, 5.74) is 0.891. The molecule has 0 radical (unpaired) electrons. The first kappa shape index (κ1) is 21.2. The van der Waals surface area contributed by atoms with E-state index in [-0.39, 0.29) is 24.5 Å². The van der Waals surface area contributed by atoms with Gasteiger partial charge in [0.15, 0.2) is 0 Å². The van der Waals surface area contributed by atoms with Crippen LogP contribution >= 0.6 is 0 Å². The number of ether oxygens (including phenoxy) is 1. The molecule has 0 aliphatic carbocycles. The summed E-state index contributed by atoms with van der Waals surface area (Å²) in [7, 11) is 0. The molecular weight excluding hydrogens is 344 g/mol. The fourth-order valence-electron chi connectivity index (χ4n) is 3.54. The fraction of sp³-hybridized carbons (Fsp3) is 0.619. The zero-order chi connectivity index (χ0) is 19.8. The molecule has 2 N–H and O–H groups in total. The van der Waals surface area contributed by atoms with Gasteiger partial charge in [0.05, 0.1) is 12.1 Å². The van der Waals surface area contributed by atoms with E-state index in [1.54, 1.807) is 4.90 Å². The van der Waals surface area contributed by atoms with Crippen LogP contribution in [0.5, 0.6) is 0 Å². The molecule has 0 bridgehead atoms. The van der Waals surface area contributed by atoms with Crippen molar-refractivity contribution < 1.29 is 19.4 Å². The lowest BCUT2D eigenvalue weighted by atomic mass is 10.00. The lowest BCUT2D eigenvalue weighted by molar-refractivity contribution is -0.137. The number of nitrogens with zero attached hydrogens (tertiary/aromatic N) is 1. The highest BCUT2D eigenvalue weighted by Gasteiger charge is 2.38. The molecule has 150 valence electrons. The second kappa shape index (κ2) is 10.3. The van der Waals surface area contributed by atoms with Crippen molar-refractivity contribution in [3.8, 4) is 0 Å². The highest BCUT2D eigenvalue weighted by Crippen LogP contribution is 2.24. The second-order valence-corrected chi connectivity index (χ2v) is 7.52. The number of amides is 2.